The van der Waals surface area contributed by atoms with Gasteiger partial charge < -0.3 is 4.90 Å². The lowest BCUT2D eigenvalue weighted by molar-refractivity contribution is -0.134. The number of aromatic nitrogens is 1. The topological polar surface area (TPSA) is 77.1 Å². The summed E-state index contributed by atoms with van der Waals surface area (Å²) in [5.74, 6) is 0.0800. The van der Waals surface area contributed by atoms with Crippen LogP contribution < -0.4 is 0 Å². The summed E-state index contributed by atoms with van der Waals surface area (Å²) in [6, 6.07) is 16.7. The SMILES string of the molecule is O=C(CN1CCN(Cc2nc3ccccc3s2)CC1)N1CCN(S(=O)(=O)c2ccccc2)CC1. The monoisotopic (exact) mass is 499 g/mol. The van der Waals surface area contributed by atoms with E-state index < -0.39 is 10.0 Å². The van der Waals surface area contributed by atoms with Gasteiger partial charge in [-0.15, -0.1) is 11.3 Å². The van der Waals surface area contributed by atoms with Crippen molar-refractivity contribution in [3.8, 4) is 0 Å². The highest BCUT2D eigenvalue weighted by atomic mass is 32.2. The summed E-state index contributed by atoms with van der Waals surface area (Å²) in [6.45, 7) is 6.28. The number of sulfonamides is 1. The van der Waals surface area contributed by atoms with Crippen LogP contribution in [0, 0.1) is 0 Å². The molecule has 2 saturated heterocycles. The van der Waals surface area contributed by atoms with E-state index in [9.17, 15) is 13.2 Å². The van der Waals surface area contributed by atoms with Gasteiger partial charge in [0, 0.05) is 52.4 Å². The predicted molar refractivity (Wildman–Crippen MR) is 133 cm³/mol. The maximum absolute atomic E-state index is 12.9. The maximum Gasteiger partial charge on any atom is 0.243 e. The molecule has 2 aliphatic heterocycles. The molecule has 0 atom stereocenters. The third kappa shape index (κ3) is 5.16. The summed E-state index contributed by atoms with van der Waals surface area (Å²) in [5.41, 5.74) is 1.06. The number of fused-ring (bicyclic) bond motifs is 1. The maximum atomic E-state index is 12.9. The van der Waals surface area contributed by atoms with E-state index in [1.807, 2.05) is 12.1 Å². The Morgan fingerprint density at radius 2 is 1.47 bits per heavy atom. The van der Waals surface area contributed by atoms with Crippen LogP contribution in [0.25, 0.3) is 10.2 Å². The van der Waals surface area contributed by atoms with Crippen molar-refractivity contribution in [1.29, 1.82) is 0 Å². The number of piperazine rings is 2. The van der Waals surface area contributed by atoms with Crippen LogP contribution in [0.3, 0.4) is 0 Å². The van der Waals surface area contributed by atoms with Crippen LogP contribution in [-0.4, -0.2) is 97.2 Å². The number of rotatable bonds is 6. The largest absolute Gasteiger partial charge is 0.339 e. The lowest BCUT2D eigenvalue weighted by Gasteiger charge is -2.37. The summed E-state index contributed by atoms with van der Waals surface area (Å²) < 4.78 is 28.3. The van der Waals surface area contributed by atoms with E-state index >= 15 is 0 Å². The van der Waals surface area contributed by atoms with Gasteiger partial charge in [0.15, 0.2) is 0 Å². The van der Waals surface area contributed by atoms with Gasteiger partial charge in [-0.05, 0) is 24.3 Å². The third-order valence-corrected chi connectivity index (χ3v) is 9.43. The molecule has 10 heteroatoms. The van der Waals surface area contributed by atoms with Crippen molar-refractivity contribution in [2.45, 2.75) is 11.4 Å². The van der Waals surface area contributed by atoms with Crippen molar-refractivity contribution >= 4 is 37.5 Å². The molecule has 0 bridgehead atoms. The zero-order valence-electron chi connectivity index (χ0n) is 19.0. The van der Waals surface area contributed by atoms with Gasteiger partial charge in [0.1, 0.15) is 5.01 Å². The molecule has 34 heavy (non-hydrogen) atoms. The molecule has 0 aliphatic carbocycles. The summed E-state index contributed by atoms with van der Waals surface area (Å²) in [7, 11) is -3.50. The van der Waals surface area contributed by atoms with E-state index in [0.717, 1.165) is 43.2 Å². The van der Waals surface area contributed by atoms with Crippen LogP contribution in [0.5, 0.6) is 0 Å². The Hall–Kier alpha value is -2.37. The van der Waals surface area contributed by atoms with E-state index in [0.29, 0.717) is 37.6 Å². The number of thiazole rings is 1. The summed E-state index contributed by atoms with van der Waals surface area (Å²) in [4.78, 5) is 24.3. The number of carbonyl (C=O) groups is 1. The highest BCUT2D eigenvalue weighted by molar-refractivity contribution is 7.89. The first kappa shape index (κ1) is 23.4. The summed E-state index contributed by atoms with van der Waals surface area (Å²) in [6.07, 6.45) is 0. The van der Waals surface area contributed by atoms with Crippen LogP contribution in [0.4, 0.5) is 0 Å². The molecule has 2 aliphatic rings. The fraction of sp³-hybridized carbons (Fsp3) is 0.417. The molecular formula is C24H29N5O3S2. The number of hydrogen-bond acceptors (Lipinski definition) is 7. The zero-order valence-corrected chi connectivity index (χ0v) is 20.7. The lowest BCUT2D eigenvalue weighted by Crippen LogP contribution is -2.54. The zero-order chi connectivity index (χ0) is 23.5. The van der Waals surface area contributed by atoms with Crippen LogP contribution in [-0.2, 0) is 21.4 Å². The van der Waals surface area contributed by atoms with Crippen molar-refractivity contribution in [1.82, 2.24) is 24.0 Å². The van der Waals surface area contributed by atoms with Crippen molar-refractivity contribution in [3.05, 3.63) is 59.6 Å². The third-order valence-electron chi connectivity index (χ3n) is 6.49. The molecule has 3 heterocycles. The molecule has 0 unspecified atom stereocenters. The molecule has 8 nitrogen and oxygen atoms in total. The fourth-order valence-electron chi connectivity index (χ4n) is 4.50. The van der Waals surface area contributed by atoms with E-state index in [2.05, 4.69) is 21.9 Å². The molecular weight excluding hydrogens is 470 g/mol. The molecule has 5 rings (SSSR count). The first-order valence-electron chi connectivity index (χ1n) is 11.6. The molecule has 0 saturated carbocycles. The number of amides is 1. The number of benzene rings is 2. The van der Waals surface area contributed by atoms with Crippen molar-refractivity contribution < 1.29 is 13.2 Å². The second kappa shape index (κ2) is 10.1. The van der Waals surface area contributed by atoms with Crippen molar-refractivity contribution in [2.75, 3.05) is 58.9 Å². The van der Waals surface area contributed by atoms with Crippen LogP contribution in [0.15, 0.2) is 59.5 Å². The fourth-order valence-corrected chi connectivity index (χ4v) is 6.95. The number of carbonyl (C=O) groups excluding carboxylic acids is 1. The van der Waals surface area contributed by atoms with Crippen molar-refractivity contribution in [3.63, 3.8) is 0 Å². The van der Waals surface area contributed by atoms with Crippen LogP contribution in [0.2, 0.25) is 0 Å². The highest BCUT2D eigenvalue weighted by Gasteiger charge is 2.31. The number of hydrogen-bond donors (Lipinski definition) is 0. The Bertz CT molecular complexity index is 1200. The van der Waals surface area contributed by atoms with Crippen LogP contribution in [0.1, 0.15) is 5.01 Å². The average Bonchev–Trinajstić information content (AvgIpc) is 3.28. The minimum atomic E-state index is -3.50. The minimum Gasteiger partial charge on any atom is -0.339 e. The van der Waals surface area contributed by atoms with Gasteiger partial charge in [-0.1, -0.05) is 30.3 Å². The Morgan fingerprint density at radius 1 is 0.824 bits per heavy atom. The van der Waals surface area contributed by atoms with Crippen molar-refractivity contribution in [2.24, 2.45) is 0 Å². The Balaban J connectivity index is 1.07. The number of nitrogens with zero attached hydrogens (tertiary/aromatic N) is 5. The smallest absolute Gasteiger partial charge is 0.243 e. The van der Waals surface area contributed by atoms with E-state index in [4.69, 9.17) is 4.98 Å². The van der Waals surface area contributed by atoms with E-state index in [1.165, 1.54) is 9.01 Å². The van der Waals surface area contributed by atoms with Gasteiger partial charge in [0.05, 0.1) is 28.2 Å². The van der Waals surface area contributed by atoms with Gasteiger partial charge >= 0.3 is 0 Å². The van der Waals surface area contributed by atoms with Gasteiger partial charge in [-0.2, -0.15) is 4.31 Å². The molecule has 180 valence electrons. The molecule has 2 aromatic carbocycles. The summed E-state index contributed by atoms with van der Waals surface area (Å²) in [5, 5.41) is 1.13. The van der Waals surface area contributed by atoms with Crippen LogP contribution >= 0.6 is 11.3 Å². The quantitative estimate of drug-likeness (QED) is 0.516. The second-order valence-corrected chi connectivity index (χ2v) is 11.8. The van der Waals surface area contributed by atoms with Gasteiger partial charge in [0.2, 0.25) is 15.9 Å². The summed E-state index contributed by atoms with van der Waals surface area (Å²) >= 11 is 1.75. The standard InChI is InChI=1S/C24H29N5O3S2/c30-24(28-14-16-29(17-15-28)34(31,32)20-6-2-1-3-7-20)19-27-12-10-26(11-13-27)18-23-25-21-8-4-5-9-22(21)33-23/h1-9H,10-19H2. The van der Waals surface area contributed by atoms with E-state index in [-0.39, 0.29) is 5.91 Å². The normalized spacial score (nSPS) is 19.0. The molecule has 0 N–H and O–H groups in total. The first-order valence-corrected chi connectivity index (χ1v) is 13.9. The lowest BCUT2D eigenvalue weighted by atomic mass is 10.3. The van der Waals surface area contributed by atoms with Gasteiger partial charge in [-0.3, -0.25) is 14.6 Å². The molecule has 1 aromatic heterocycles. The molecule has 2 fully saturated rings. The van der Waals surface area contributed by atoms with Gasteiger partial charge in [-0.25, -0.2) is 13.4 Å². The highest BCUT2D eigenvalue weighted by Crippen LogP contribution is 2.23. The Labute approximate surface area is 204 Å². The Kier molecular flexibility index (Phi) is 6.94. The predicted octanol–water partition coefficient (Wildman–Crippen LogP) is 1.95. The second-order valence-electron chi connectivity index (χ2n) is 8.73. The molecule has 0 radical (unpaired) electrons. The average molecular weight is 500 g/mol. The first-order chi connectivity index (χ1) is 16.5. The molecule has 0 spiro atoms. The molecule has 3 aromatic rings. The van der Waals surface area contributed by atoms with Gasteiger partial charge in [0.25, 0.3) is 0 Å². The molecule has 1 amide bonds. The Morgan fingerprint density at radius 3 is 2.18 bits per heavy atom. The number of para-hydroxylation sites is 1. The van der Waals surface area contributed by atoms with E-state index in [1.54, 1.807) is 46.6 Å². The minimum absolute atomic E-state index is 0.0800.